The van der Waals surface area contributed by atoms with E-state index in [2.05, 4.69) is 4.98 Å². The Labute approximate surface area is 160 Å². The lowest BCUT2D eigenvalue weighted by Gasteiger charge is -2.34. The number of hydrogen-bond donors (Lipinski definition) is 1. The van der Waals surface area contributed by atoms with Gasteiger partial charge in [0.15, 0.2) is 3.95 Å². The fraction of sp³-hybridized carbons (Fsp3) is 0.375. The highest BCUT2D eigenvalue weighted by molar-refractivity contribution is 7.89. The first-order valence-corrected chi connectivity index (χ1v) is 10.7. The highest BCUT2D eigenvalue weighted by Crippen LogP contribution is 2.20. The van der Waals surface area contributed by atoms with Crippen molar-refractivity contribution in [3.8, 4) is 0 Å². The molecule has 0 radical (unpaired) electrons. The summed E-state index contributed by atoms with van der Waals surface area (Å²) < 4.78 is 40.2. The van der Waals surface area contributed by atoms with E-state index in [4.69, 9.17) is 12.2 Å². The van der Waals surface area contributed by atoms with E-state index in [0.717, 1.165) is 22.7 Å². The molecular formula is C16H18FN3O3S3. The molecule has 1 saturated heterocycles. The molecule has 0 unspecified atom stereocenters. The summed E-state index contributed by atoms with van der Waals surface area (Å²) in [4.78, 5) is 18.1. The predicted molar refractivity (Wildman–Crippen MR) is 99.7 cm³/mol. The van der Waals surface area contributed by atoms with Crippen LogP contribution < -0.4 is 0 Å². The summed E-state index contributed by atoms with van der Waals surface area (Å²) in [5.74, 6) is -0.528. The Hall–Kier alpha value is -1.62. The lowest BCUT2D eigenvalue weighted by atomic mass is 10.2. The van der Waals surface area contributed by atoms with Gasteiger partial charge < -0.3 is 9.88 Å². The smallest absolute Gasteiger partial charge is 0.243 e. The van der Waals surface area contributed by atoms with Gasteiger partial charge >= 0.3 is 0 Å². The lowest BCUT2D eigenvalue weighted by molar-refractivity contribution is -0.131. The number of aromatic amines is 1. The molecule has 1 aliphatic heterocycles. The van der Waals surface area contributed by atoms with Gasteiger partial charge in [0.25, 0.3) is 0 Å². The average Bonchev–Trinajstić information content (AvgIpc) is 2.92. The maximum Gasteiger partial charge on any atom is 0.243 e. The van der Waals surface area contributed by atoms with E-state index in [1.165, 1.54) is 27.8 Å². The van der Waals surface area contributed by atoms with Gasteiger partial charge in [0.05, 0.1) is 11.3 Å². The number of amides is 1. The number of piperazine rings is 1. The summed E-state index contributed by atoms with van der Waals surface area (Å²) in [5, 5.41) is 0. The summed E-state index contributed by atoms with van der Waals surface area (Å²) >= 11 is 6.47. The van der Waals surface area contributed by atoms with Gasteiger partial charge in [-0.1, -0.05) is 0 Å². The molecule has 2 heterocycles. The fourth-order valence-electron chi connectivity index (χ4n) is 2.79. The summed E-state index contributed by atoms with van der Waals surface area (Å²) in [5.41, 5.74) is 0.894. The van der Waals surface area contributed by atoms with Crippen LogP contribution in [0.5, 0.6) is 0 Å². The van der Waals surface area contributed by atoms with Crippen LogP contribution in [0, 0.1) is 16.7 Å². The Bertz CT molecular complexity index is 959. The normalized spacial score (nSPS) is 16.0. The predicted octanol–water partition coefficient (Wildman–Crippen LogP) is 2.33. The van der Waals surface area contributed by atoms with Gasteiger partial charge in [-0.25, -0.2) is 12.8 Å². The van der Waals surface area contributed by atoms with E-state index in [0.29, 0.717) is 17.0 Å². The van der Waals surface area contributed by atoms with Crippen molar-refractivity contribution in [1.29, 1.82) is 0 Å². The van der Waals surface area contributed by atoms with Gasteiger partial charge in [-0.15, -0.1) is 11.3 Å². The van der Waals surface area contributed by atoms with Gasteiger partial charge in [0.1, 0.15) is 5.82 Å². The number of nitrogens with one attached hydrogen (secondary N) is 1. The quantitative estimate of drug-likeness (QED) is 0.778. The summed E-state index contributed by atoms with van der Waals surface area (Å²) in [6.07, 6.45) is 0.258. The van der Waals surface area contributed by atoms with Crippen LogP contribution in [0.25, 0.3) is 0 Å². The number of carbonyl (C=O) groups is 1. The van der Waals surface area contributed by atoms with Crippen LogP contribution in [0.3, 0.4) is 0 Å². The molecule has 1 fully saturated rings. The summed E-state index contributed by atoms with van der Waals surface area (Å²) in [6.45, 7) is 2.96. The minimum Gasteiger partial charge on any atom is -0.341 e. The van der Waals surface area contributed by atoms with Crippen LogP contribution >= 0.6 is 23.6 Å². The second kappa shape index (κ2) is 7.55. The summed E-state index contributed by atoms with van der Waals surface area (Å²) in [6, 6.07) is 4.76. The third-order valence-corrected chi connectivity index (χ3v) is 7.53. The number of thiazole rings is 1. The standard InChI is InChI=1S/C16H18FN3O3S3/c1-11-14(25-16(24)18-11)10-15(21)19-6-8-20(9-7-19)26(22,23)13-4-2-12(17)3-5-13/h2-5H,6-10H2,1H3,(H,18,24). The molecule has 1 aliphatic rings. The highest BCUT2D eigenvalue weighted by atomic mass is 32.2. The number of hydrogen-bond acceptors (Lipinski definition) is 5. The minimum absolute atomic E-state index is 0.0443. The molecule has 1 aromatic heterocycles. The Morgan fingerprint density at radius 3 is 2.38 bits per heavy atom. The molecular weight excluding hydrogens is 397 g/mol. The van der Waals surface area contributed by atoms with Gasteiger partial charge in [0.2, 0.25) is 15.9 Å². The van der Waals surface area contributed by atoms with Crippen molar-refractivity contribution < 1.29 is 17.6 Å². The Morgan fingerprint density at radius 2 is 1.85 bits per heavy atom. The van der Waals surface area contributed by atoms with Crippen LogP contribution in [-0.4, -0.2) is 54.7 Å². The van der Waals surface area contributed by atoms with E-state index in [-0.39, 0.29) is 30.3 Å². The molecule has 26 heavy (non-hydrogen) atoms. The maximum atomic E-state index is 13.0. The molecule has 10 heteroatoms. The van der Waals surface area contributed by atoms with Crippen LogP contribution in [0.15, 0.2) is 29.2 Å². The zero-order chi connectivity index (χ0) is 18.9. The first-order valence-electron chi connectivity index (χ1n) is 7.99. The number of nitrogens with zero attached hydrogens (tertiary/aromatic N) is 2. The van der Waals surface area contributed by atoms with E-state index in [1.807, 2.05) is 6.92 Å². The second-order valence-corrected chi connectivity index (χ2v) is 9.69. The first kappa shape index (κ1) is 19.2. The Kier molecular flexibility index (Phi) is 5.56. The Morgan fingerprint density at radius 1 is 1.23 bits per heavy atom. The van der Waals surface area contributed by atoms with Crippen molar-refractivity contribution in [1.82, 2.24) is 14.2 Å². The molecule has 0 saturated carbocycles. The van der Waals surface area contributed by atoms with Crippen LogP contribution in [-0.2, 0) is 21.2 Å². The summed E-state index contributed by atoms with van der Waals surface area (Å²) in [7, 11) is -3.68. The van der Waals surface area contributed by atoms with Gasteiger partial charge in [-0.2, -0.15) is 4.31 Å². The van der Waals surface area contributed by atoms with Crippen molar-refractivity contribution in [3.05, 3.63) is 44.6 Å². The first-order chi connectivity index (χ1) is 12.3. The van der Waals surface area contributed by atoms with Gasteiger partial charge in [-0.3, -0.25) is 4.79 Å². The number of aryl methyl sites for hydroxylation is 1. The monoisotopic (exact) mass is 415 g/mol. The number of aromatic nitrogens is 1. The molecule has 0 bridgehead atoms. The molecule has 3 rings (SSSR count). The second-order valence-electron chi connectivity index (χ2n) is 5.98. The van der Waals surface area contributed by atoms with Crippen molar-refractivity contribution in [2.45, 2.75) is 18.2 Å². The average molecular weight is 416 g/mol. The lowest BCUT2D eigenvalue weighted by Crippen LogP contribution is -2.50. The fourth-order valence-corrected chi connectivity index (χ4v) is 5.49. The van der Waals surface area contributed by atoms with E-state index < -0.39 is 15.8 Å². The van der Waals surface area contributed by atoms with E-state index >= 15 is 0 Å². The number of benzene rings is 1. The maximum absolute atomic E-state index is 13.0. The number of sulfonamides is 1. The molecule has 1 amide bonds. The van der Waals surface area contributed by atoms with Crippen LogP contribution in [0.2, 0.25) is 0 Å². The van der Waals surface area contributed by atoms with Crippen molar-refractivity contribution >= 4 is 39.5 Å². The SMILES string of the molecule is Cc1[nH]c(=S)sc1CC(=O)N1CCN(S(=O)(=O)c2ccc(F)cc2)CC1. The number of halogens is 1. The molecule has 0 aliphatic carbocycles. The van der Waals surface area contributed by atoms with E-state index in [9.17, 15) is 17.6 Å². The highest BCUT2D eigenvalue weighted by Gasteiger charge is 2.30. The molecule has 0 spiro atoms. The molecule has 0 atom stereocenters. The van der Waals surface area contributed by atoms with Crippen molar-refractivity contribution in [3.63, 3.8) is 0 Å². The third kappa shape index (κ3) is 4.03. The molecule has 2 aromatic rings. The zero-order valence-electron chi connectivity index (χ0n) is 14.1. The minimum atomic E-state index is -3.68. The van der Waals surface area contributed by atoms with Crippen molar-refractivity contribution in [2.75, 3.05) is 26.2 Å². The van der Waals surface area contributed by atoms with E-state index in [1.54, 1.807) is 4.90 Å². The molecule has 1 N–H and O–H groups in total. The topological polar surface area (TPSA) is 73.5 Å². The molecule has 1 aromatic carbocycles. The van der Waals surface area contributed by atoms with Crippen molar-refractivity contribution in [2.24, 2.45) is 0 Å². The molecule has 140 valence electrons. The van der Waals surface area contributed by atoms with Gasteiger partial charge in [-0.05, 0) is 43.4 Å². The van der Waals surface area contributed by atoms with Gasteiger partial charge in [0, 0.05) is 36.8 Å². The zero-order valence-corrected chi connectivity index (χ0v) is 16.5. The number of carbonyl (C=O) groups excluding carboxylic acids is 1. The van der Waals surface area contributed by atoms with Crippen LogP contribution in [0.1, 0.15) is 10.6 Å². The Balaban J connectivity index is 1.63. The largest absolute Gasteiger partial charge is 0.341 e. The number of rotatable bonds is 4. The van der Waals surface area contributed by atoms with Crippen LogP contribution in [0.4, 0.5) is 4.39 Å². The third-order valence-electron chi connectivity index (χ3n) is 4.28. The molecule has 6 nitrogen and oxygen atoms in total. The number of H-pyrrole nitrogens is 1.